The maximum atomic E-state index is 5.78. The third-order valence-electron chi connectivity index (χ3n) is 3.84. The molecule has 2 heterocycles. The van der Waals surface area contributed by atoms with Gasteiger partial charge >= 0.3 is 0 Å². The van der Waals surface area contributed by atoms with Crippen LogP contribution in [-0.4, -0.2) is 50.5 Å². The topological polar surface area (TPSA) is 67.8 Å². The van der Waals surface area contributed by atoms with Crippen LogP contribution in [0.2, 0.25) is 0 Å². The molecule has 2 N–H and O–H groups in total. The van der Waals surface area contributed by atoms with Crippen LogP contribution in [0.15, 0.2) is 11.2 Å². The highest BCUT2D eigenvalue weighted by molar-refractivity contribution is 7.11. The van der Waals surface area contributed by atoms with Crippen molar-refractivity contribution < 1.29 is 9.47 Å². The summed E-state index contributed by atoms with van der Waals surface area (Å²) < 4.78 is 11.1. The Balaban J connectivity index is 1.58. The van der Waals surface area contributed by atoms with E-state index in [1.165, 1.54) is 4.88 Å². The van der Waals surface area contributed by atoms with Crippen LogP contribution >= 0.6 is 11.3 Å². The second-order valence-electron chi connectivity index (χ2n) is 5.97. The van der Waals surface area contributed by atoms with Crippen LogP contribution in [0.4, 0.5) is 0 Å². The summed E-state index contributed by atoms with van der Waals surface area (Å²) in [5.74, 6) is 1.52. The number of rotatable bonds is 9. The number of guanidine groups is 1. The molecule has 0 aliphatic carbocycles. The first kappa shape index (κ1) is 19.1. The van der Waals surface area contributed by atoms with Crippen molar-refractivity contribution in [1.82, 2.24) is 15.6 Å². The highest BCUT2D eigenvalue weighted by Gasteiger charge is 2.13. The molecule has 24 heavy (non-hydrogen) atoms. The van der Waals surface area contributed by atoms with Crippen molar-refractivity contribution in [1.29, 1.82) is 0 Å². The van der Waals surface area contributed by atoms with E-state index in [1.807, 2.05) is 6.20 Å². The molecule has 7 heteroatoms. The number of thiazole rings is 1. The van der Waals surface area contributed by atoms with Crippen LogP contribution in [0, 0.1) is 12.8 Å². The lowest BCUT2D eigenvalue weighted by molar-refractivity contribution is 0.0203. The van der Waals surface area contributed by atoms with Crippen LogP contribution in [0.5, 0.6) is 0 Å². The number of nitrogens with zero attached hydrogens (tertiary/aromatic N) is 2. The number of hydrogen-bond acceptors (Lipinski definition) is 5. The van der Waals surface area contributed by atoms with E-state index in [1.54, 1.807) is 11.3 Å². The molecule has 0 bridgehead atoms. The molecule has 0 amide bonds. The average molecular weight is 355 g/mol. The number of aliphatic imine (C=N–C) groups is 1. The van der Waals surface area contributed by atoms with Crippen LogP contribution in [0.25, 0.3) is 0 Å². The summed E-state index contributed by atoms with van der Waals surface area (Å²) >= 11 is 1.69. The lowest BCUT2D eigenvalue weighted by atomic mass is 10.0. The molecule has 1 saturated heterocycles. The van der Waals surface area contributed by atoms with E-state index < -0.39 is 0 Å². The molecule has 1 fully saturated rings. The van der Waals surface area contributed by atoms with Gasteiger partial charge in [-0.15, -0.1) is 11.3 Å². The Morgan fingerprint density at radius 1 is 1.42 bits per heavy atom. The smallest absolute Gasteiger partial charge is 0.191 e. The molecule has 1 aliphatic rings. The SMILES string of the molecule is CCNC(=NCc1ncc(C)s1)NCCCOCC1CCOCC1. The second-order valence-corrected chi connectivity index (χ2v) is 7.29. The number of hydrogen-bond donors (Lipinski definition) is 2. The van der Waals surface area contributed by atoms with Crippen molar-refractivity contribution in [3.8, 4) is 0 Å². The van der Waals surface area contributed by atoms with E-state index in [9.17, 15) is 0 Å². The number of aromatic nitrogens is 1. The molecule has 1 aromatic rings. The minimum Gasteiger partial charge on any atom is -0.381 e. The Hall–Kier alpha value is -1.18. The Kier molecular flexibility index (Phi) is 9.09. The molecule has 0 aromatic carbocycles. The number of nitrogens with one attached hydrogen (secondary N) is 2. The van der Waals surface area contributed by atoms with Gasteiger partial charge in [0.15, 0.2) is 5.96 Å². The van der Waals surface area contributed by atoms with Crippen molar-refractivity contribution in [2.45, 2.75) is 39.7 Å². The third kappa shape index (κ3) is 7.59. The van der Waals surface area contributed by atoms with Crippen LogP contribution in [0.3, 0.4) is 0 Å². The summed E-state index contributed by atoms with van der Waals surface area (Å²) in [5, 5.41) is 7.66. The fraction of sp³-hybridized carbons (Fsp3) is 0.765. The lowest BCUT2D eigenvalue weighted by Gasteiger charge is -2.21. The summed E-state index contributed by atoms with van der Waals surface area (Å²) in [6, 6.07) is 0. The third-order valence-corrected chi connectivity index (χ3v) is 4.74. The molecular formula is C17H30N4O2S. The minimum atomic E-state index is 0.619. The molecule has 136 valence electrons. The highest BCUT2D eigenvalue weighted by atomic mass is 32.1. The molecule has 6 nitrogen and oxygen atoms in total. The van der Waals surface area contributed by atoms with Crippen molar-refractivity contribution in [2.75, 3.05) is 39.5 Å². The van der Waals surface area contributed by atoms with Gasteiger partial charge in [-0.25, -0.2) is 9.98 Å². The van der Waals surface area contributed by atoms with E-state index >= 15 is 0 Å². The van der Waals surface area contributed by atoms with Gasteiger partial charge < -0.3 is 20.1 Å². The number of aryl methyl sites for hydroxylation is 1. The van der Waals surface area contributed by atoms with Gasteiger partial charge in [0.1, 0.15) is 5.01 Å². The van der Waals surface area contributed by atoms with Gasteiger partial charge in [0.2, 0.25) is 0 Å². The van der Waals surface area contributed by atoms with Gasteiger partial charge in [-0.05, 0) is 39.0 Å². The molecule has 1 aromatic heterocycles. The summed E-state index contributed by atoms with van der Waals surface area (Å²) in [7, 11) is 0. The fourth-order valence-electron chi connectivity index (χ4n) is 2.51. The van der Waals surface area contributed by atoms with Crippen molar-refractivity contribution in [3.05, 3.63) is 16.1 Å². The van der Waals surface area contributed by atoms with Crippen LogP contribution < -0.4 is 10.6 Å². The Morgan fingerprint density at radius 2 is 2.25 bits per heavy atom. The fourth-order valence-corrected chi connectivity index (χ4v) is 3.22. The number of ether oxygens (including phenoxy) is 2. The molecule has 2 rings (SSSR count). The Morgan fingerprint density at radius 3 is 2.96 bits per heavy atom. The summed E-state index contributed by atoms with van der Waals surface area (Å²) in [5.41, 5.74) is 0. The van der Waals surface area contributed by atoms with Crippen molar-refractivity contribution >= 4 is 17.3 Å². The molecular weight excluding hydrogens is 324 g/mol. The van der Waals surface area contributed by atoms with Gasteiger partial charge in [0, 0.05) is 50.6 Å². The van der Waals surface area contributed by atoms with Gasteiger partial charge in [-0.1, -0.05) is 0 Å². The standard InChI is InChI=1S/C17H30N4O2S/c1-3-18-17(21-12-16-20-11-14(2)24-16)19-7-4-8-23-13-15-5-9-22-10-6-15/h11,15H,3-10,12-13H2,1-2H3,(H2,18,19,21). The predicted octanol–water partition coefficient (Wildman–Crippen LogP) is 2.34. The minimum absolute atomic E-state index is 0.619. The lowest BCUT2D eigenvalue weighted by Crippen LogP contribution is -2.38. The Labute approximate surface area is 149 Å². The zero-order chi connectivity index (χ0) is 17.0. The van der Waals surface area contributed by atoms with Crippen LogP contribution in [0.1, 0.15) is 36.1 Å². The van der Waals surface area contributed by atoms with Crippen LogP contribution in [-0.2, 0) is 16.0 Å². The van der Waals surface area contributed by atoms with Gasteiger partial charge in [0.05, 0.1) is 6.54 Å². The molecule has 0 radical (unpaired) electrons. The first-order valence-corrected chi connectivity index (χ1v) is 9.68. The van der Waals surface area contributed by atoms with E-state index in [-0.39, 0.29) is 0 Å². The van der Waals surface area contributed by atoms with E-state index in [2.05, 4.69) is 34.5 Å². The van der Waals surface area contributed by atoms with E-state index in [0.717, 1.165) is 69.7 Å². The van der Waals surface area contributed by atoms with E-state index in [4.69, 9.17) is 9.47 Å². The van der Waals surface area contributed by atoms with E-state index in [0.29, 0.717) is 12.5 Å². The maximum absolute atomic E-state index is 5.78. The molecule has 0 unspecified atom stereocenters. The van der Waals surface area contributed by atoms with Crippen molar-refractivity contribution in [3.63, 3.8) is 0 Å². The quantitative estimate of drug-likeness (QED) is 0.405. The normalized spacial score (nSPS) is 16.3. The summed E-state index contributed by atoms with van der Waals surface area (Å²) in [4.78, 5) is 10.1. The van der Waals surface area contributed by atoms with Gasteiger partial charge in [0.25, 0.3) is 0 Å². The highest BCUT2D eigenvalue weighted by Crippen LogP contribution is 2.14. The second kappa shape index (κ2) is 11.4. The van der Waals surface area contributed by atoms with Gasteiger partial charge in [-0.3, -0.25) is 0 Å². The van der Waals surface area contributed by atoms with Gasteiger partial charge in [-0.2, -0.15) is 0 Å². The average Bonchev–Trinajstić information content (AvgIpc) is 3.02. The first-order chi connectivity index (χ1) is 11.8. The summed E-state index contributed by atoms with van der Waals surface area (Å²) in [6.07, 6.45) is 5.13. The molecule has 0 spiro atoms. The largest absolute Gasteiger partial charge is 0.381 e. The molecule has 0 atom stereocenters. The Bertz CT molecular complexity index is 487. The molecule has 1 aliphatic heterocycles. The first-order valence-electron chi connectivity index (χ1n) is 8.87. The zero-order valence-electron chi connectivity index (χ0n) is 14.8. The zero-order valence-corrected chi connectivity index (χ0v) is 15.7. The van der Waals surface area contributed by atoms with Crippen molar-refractivity contribution in [2.24, 2.45) is 10.9 Å². The predicted molar refractivity (Wildman–Crippen MR) is 98.6 cm³/mol. The monoisotopic (exact) mass is 354 g/mol. The maximum Gasteiger partial charge on any atom is 0.191 e. The summed E-state index contributed by atoms with van der Waals surface area (Å²) in [6.45, 7) is 9.88. The molecule has 0 saturated carbocycles.